The van der Waals surface area contributed by atoms with Gasteiger partial charge in [-0.1, -0.05) is 6.92 Å². The van der Waals surface area contributed by atoms with E-state index in [4.69, 9.17) is 0 Å². The molecule has 4 unspecified atom stereocenters. The third kappa shape index (κ3) is 2.54. The molecule has 2 N–H and O–H groups in total. The second kappa shape index (κ2) is 6.09. The average Bonchev–Trinajstić information content (AvgIpc) is 3.37. The summed E-state index contributed by atoms with van der Waals surface area (Å²) in [7, 11) is 0. The lowest BCUT2D eigenvalue weighted by Crippen LogP contribution is -2.35. The van der Waals surface area contributed by atoms with Crippen LogP contribution >= 0.6 is 0 Å². The minimum Gasteiger partial charge on any atom is -0.507 e. The van der Waals surface area contributed by atoms with E-state index in [0.717, 1.165) is 43.8 Å². The van der Waals surface area contributed by atoms with Gasteiger partial charge >= 0.3 is 0 Å². The molecule has 1 aromatic rings. The number of aliphatic hydroxyl groups is 1. The number of phenols is 1. The van der Waals surface area contributed by atoms with Gasteiger partial charge in [-0.3, -0.25) is 4.79 Å². The zero-order valence-corrected chi connectivity index (χ0v) is 15.6. The van der Waals surface area contributed by atoms with Crippen molar-refractivity contribution in [2.75, 3.05) is 0 Å². The Morgan fingerprint density at radius 3 is 2.54 bits per heavy atom. The number of aryl methyl sites for hydroxylation is 1. The van der Waals surface area contributed by atoms with Gasteiger partial charge in [0.1, 0.15) is 5.75 Å². The number of benzene rings is 1. The Morgan fingerprint density at radius 1 is 1.00 bits per heavy atom. The molecule has 0 saturated heterocycles. The fraction of sp³-hybridized carbons (Fsp3) is 0.696. The fourth-order valence-corrected chi connectivity index (χ4v) is 6.92. The Hall–Kier alpha value is -1.35. The topological polar surface area (TPSA) is 57.5 Å². The number of carbonyl (C=O) groups excluding carboxylic acids is 1. The van der Waals surface area contributed by atoms with E-state index in [1.54, 1.807) is 0 Å². The molecule has 0 spiro atoms. The second-order valence-corrected chi connectivity index (χ2v) is 9.62. The molecule has 5 rings (SSSR count). The van der Waals surface area contributed by atoms with E-state index >= 15 is 0 Å². The summed E-state index contributed by atoms with van der Waals surface area (Å²) < 4.78 is 0. The molecule has 0 radical (unpaired) electrons. The maximum Gasteiger partial charge on any atom is 0.153 e. The Balaban J connectivity index is 1.57. The van der Waals surface area contributed by atoms with Crippen molar-refractivity contribution in [3.05, 3.63) is 28.8 Å². The van der Waals surface area contributed by atoms with Crippen LogP contribution in [0.15, 0.2) is 12.1 Å². The van der Waals surface area contributed by atoms with Crippen molar-refractivity contribution in [1.82, 2.24) is 0 Å². The third-order valence-corrected chi connectivity index (χ3v) is 8.38. The van der Waals surface area contributed by atoms with E-state index in [9.17, 15) is 15.0 Å². The maximum atomic E-state index is 11.4. The van der Waals surface area contributed by atoms with Crippen LogP contribution < -0.4 is 0 Å². The molecule has 3 nitrogen and oxygen atoms in total. The van der Waals surface area contributed by atoms with Crippen molar-refractivity contribution < 1.29 is 15.0 Å². The van der Waals surface area contributed by atoms with Crippen LogP contribution in [0.3, 0.4) is 0 Å². The van der Waals surface area contributed by atoms with E-state index in [-0.39, 0.29) is 11.9 Å². The zero-order valence-electron chi connectivity index (χ0n) is 15.6. The normalized spacial score (nSPS) is 43.8. The molecule has 3 saturated carbocycles. The first-order valence-corrected chi connectivity index (χ1v) is 10.6. The SMILES string of the molecule is CC1C[C@@H]1C1CC2c3cc(C=O)c(O)cc3CCC2[C@@H]2CC[C@H](O)[C@H]1C2. The Bertz CT molecular complexity index is 726. The highest BCUT2D eigenvalue weighted by Crippen LogP contribution is 2.59. The predicted molar refractivity (Wildman–Crippen MR) is 100 cm³/mol. The molecule has 1 aromatic carbocycles. The monoisotopic (exact) mass is 354 g/mol. The van der Waals surface area contributed by atoms with Gasteiger partial charge in [0.05, 0.1) is 11.7 Å². The number of rotatable bonds is 2. The van der Waals surface area contributed by atoms with Gasteiger partial charge in [0.25, 0.3) is 0 Å². The van der Waals surface area contributed by atoms with Crippen molar-refractivity contribution in [3.8, 4) is 5.75 Å². The van der Waals surface area contributed by atoms with Crippen LogP contribution in [0.4, 0.5) is 0 Å². The molecular formula is C23H30O3. The lowest BCUT2D eigenvalue weighted by molar-refractivity contribution is 0.0112. The van der Waals surface area contributed by atoms with Gasteiger partial charge in [-0.25, -0.2) is 0 Å². The first-order chi connectivity index (χ1) is 12.6. The first-order valence-electron chi connectivity index (χ1n) is 10.6. The molecule has 140 valence electrons. The van der Waals surface area contributed by atoms with Crippen LogP contribution in [0.1, 0.15) is 72.9 Å². The van der Waals surface area contributed by atoms with Crippen LogP contribution in [-0.2, 0) is 6.42 Å². The largest absolute Gasteiger partial charge is 0.507 e. The minimum absolute atomic E-state index is 0.117. The van der Waals surface area contributed by atoms with Gasteiger partial charge < -0.3 is 10.2 Å². The number of phenolic OH excluding ortho intramolecular Hbond substituents is 1. The minimum atomic E-state index is -0.117. The van der Waals surface area contributed by atoms with Gasteiger partial charge in [0.2, 0.25) is 0 Å². The quantitative estimate of drug-likeness (QED) is 0.778. The predicted octanol–water partition coefficient (Wildman–Crippen LogP) is 4.30. The maximum absolute atomic E-state index is 11.4. The van der Waals surface area contributed by atoms with E-state index in [1.807, 2.05) is 12.1 Å². The number of hydrogen-bond acceptors (Lipinski definition) is 3. The number of hydrogen-bond donors (Lipinski definition) is 2. The average molecular weight is 354 g/mol. The second-order valence-electron chi connectivity index (χ2n) is 9.62. The van der Waals surface area contributed by atoms with Crippen molar-refractivity contribution in [2.24, 2.45) is 35.5 Å². The summed E-state index contributed by atoms with van der Waals surface area (Å²) >= 11 is 0. The number of aldehydes is 1. The summed E-state index contributed by atoms with van der Waals surface area (Å²) in [5.74, 6) is 4.70. The Morgan fingerprint density at radius 2 is 1.81 bits per heavy atom. The van der Waals surface area contributed by atoms with Crippen LogP contribution in [0.25, 0.3) is 0 Å². The van der Waals surface area contributed by atoms with Crippen LogP contribution in [0, 0.1) is 35.5 Å². The highest BCUT2D eigenvalue weighted by molar-refractivity contribution is 5.80. The lowest BCUT2D eigenvalue weighted by atomic mass is 9.66. The number of fused-ring (bicyclic) bond motifs is 6. The smallest absolute Gasteiger partial charge is 0.153 e. The van der Waals surface area contributed by atoms with E-state index in [1.165, 1.54) is 30.4 Å². The van der Waals surface area contributed by atoms with E-state index in [0.29, 0.717) is 35.2 Å². The molecule has 0 amide bonds. The molecule has 3 fully saturated rings. The van der Waals surface area contributed by atoms with E-state index < -0.39 is 0 Å². The Kier molecular flexibility index (Phi) is 3.93. The highest BCUT2D eigenvalue weighted by atomic mass is 16.3. The van der Waals surface area contributed by atoms with Crippen molar-refractivity contribution in [1.29, 1.82) is 0 Å². The van der Waals surface area contributed by atoms with Gasteiger partial charge in [0.15, 0.2) is 6.29 Å². The summed E-state index contributed by atoms with van der Waals surface area (Å²) in [6.07, 6.45) is 8.68. The van der Waals surface area contributed by atoms with Gasteiger partial charge in [-0.05, 0) is 110 Å². The van der Waals surface area contributed by atoms with Crippen molar-refractivity contribution in [2.45, 2.75) is 63.9 Å². The summed E-state index contributed by atoms with van der Waals surface area (Å²) in [5, 5.41) is 20.9. The van der Waals surface area contributed by atoms with Gasteiger partial charge in [0, 0.05) is 0 Å². The molecular weight excluding hydrogens is 324 g/mol. The molecule has 2 bridgehead atoms. The number of aliphatic hydroxyl groups excluding tert-OH is 1. The summed E-state index contributed by atoms with van der Waals surface area (Å²) in [6.45, 7) is 2.36. The third-order valence-electron chi connectivity index (χ3n) is 8.38. The Labute approximate surface area is 155 Å². The first kappa shape index (κ1) is 16.8. The van der Waals surface area contributed by atoms with Crippen LogP contribution in [0.5, 0.6) is 5.75 Å². The molecule has 26 heavy (non-hydrogen) atoms. The summed E-state index contributed by atoms with van der Waals surface area (Å²) in [4.78, 5) is 11.4. The van der Waals surface area contributed by atoms with Crippen LogP contribution in [0.2, 0.25) is 0 Å². The zero-order chi connectivity index (χ0) is 18.0. The van der Waals surface area contributed by atoms with Crippen molar-refractivity contribution in [3.63, 3.8) is 0 Å². The summed E-state index contributed by atoms with van der Waals surface area (Å²) in [6, 6.07) is 3.82. The number of aromatic hydroxyl groups is 1. The molecule has 0 aliphatic heterocycles. The lowest BCUT2D eigenvalue weighted by Gasteiger charge is -2.39. The van der Waals surface area contributed by atoms with Crippen LogP contribution in [-0.4, -0.2) is 22.6 Å². The summed E-state index contributed by atoms with van der Waals surface area (Å²) in [5.41, 5.74) is 3.00. The molecule has 0 heterocycles. The molecule has 8 atom stereocenters. The standard InChI is InChI=1S/C23H30O3/c1-12-6-17(12)20-10-19-16(13-3-5-22(25)21(20)7-13)4-2-14-9-23(26)15(11-24)8-18(14)19/h8-9,11-13,16-17,19-22,25-26H,2-7,10H2,1H3/t12?,13-,16?,17+,19?,20?,21+,22+/m1/s1. The molecule has 4 aliphatic rings. The molecule has 0 aromatic heterocycles. The number of carbonyl (C=O) groups is 1. The van der Waals surface area contributed by atoms with Crippen molar-refractivity contribution >= 4 is 6.29 Å². The molecule has 3 heteroatoms. The van der Waals surface area contributed by atoms with Gasteiger partial charge in [-0.15, -0.1) is 0 Å². The fourth-order valence-electron chi connectivity index (χ4n) is 6.92. The van der Waals surface area contributed by atoms with E-state index in [2.05, 4.69) is 6.92 Å². The highest BCUT2D eigenvalue weighted by Gasteiger charge is 2.52. The van der Waals surface area contributed by atoms with Gasteiger partial charge in [-0.2, -0.15) is 0 Å². The molecule has 4 aliphatic carbocycles.